The minimum Gasteiger partial charge on any atom is -0.461 e. The molecule has 5 amide bonds. The quantitative estimate of drug-likeness (QED) is 0.0881. The Morgan fingerprint density at radius 2 is 1.33 bits per heavy atom. The van der Waals surface area contributed by atoms with Crippen LogP contribution in [0.3, 0.4) is 0 Å². The number of amides is 5. The van der Waals surface area contributed by atoms with Crippen LogP contribution in [0.15, 0.2) is 36.4 Å². The second-order valence-electron chi connectivity index (χ2n) is 10.1. The fraction of sp³-hybridized carbons (Fsp3) is 0.533. The Kier molecular flexibility index (Phi) is 17.0. The van der Waals surface area contributed by atoms with Crippen LogP contribution in [-0.4, -0.2) is 112 Å². The van der Waals surface area contributed by atoms with E-state index in [1.165, 1.54) is 19.1 Å². The van der Waals surface area contributed by atoms with E-state index in [0.717, 1.165) is 10.5 Å². The maximum atomic E-state index is 12.6. The van der Waals surface area contributed by atoms with Crippen molar-refractivity contribution in [3.63, 3.8) is 0 Å². The molecule has 2 rings (SSSR count). The van der Waals surface area contributed by atoms with E-state index in [-0.39, 0.29) is 69.8 Å². The summed E-state index contributed by atoms with van der Waals surface area (Å²) in [5.41, 5.74) is 1.27. The molecule has 15 nitrogen and oxygen atoms in total. The van der Waals surface area contributed by atoms with E-state index >= 15 is 0 Å². The normalized spacial score (nSPS) is 13.2. The van der Waals surface area contributed by atoms with Crippen LogP contribution in [0.5, 0.6) is 0 Å². The predicted octanol–water partition coefficient (Wildman–Crippen LogP) is -0.0634. The molecule has 1 atom stereocenters. The van der Waals surface area contributed by atoms with Crippen LogP contribution >= 0.6 is 0 Å². The maximum absolute atomic E-state index is 12.6. The number of esters is 1. The first-order valence-corrected chi connectivity index (χ1v) is 14.5. The molecule has 0 aromatic heterocycles. The minimum atomic E-state index is -0.867. The SMILES string of the molecule is CC(=O)OCc1ccc(NC(=O)CNC(=O)C(NC(=O)COCCOCCOCCOCCN2C(=O)C=CC2=O)C(C)C)cc1. The highest BCUT2D eigenvalue weighted by molar-refractivity contribution is 6.12. The van der Waals surface area contributed by atoms with Gasteiger partial charge in [-0.3, -0.25) is 33.7 Å². The number of ether oxygens (including phenoxy) is 5. The van der Waals surface area contributed by atoms with E-state index in [2.05, 4.69) is 16.0 Å². The number of nitrogens with zero attached hydrogens (tertiary/aromatic N) is 1. The number of benzene rings is 1. The summed E-state index contributed by atoms with van der Waals surface area (Å²) in [6, 6.07) is 5.85. The fourth-order valence-electron chi connectivity index (χ4n) is 3.73. The van der Waals surface area contributed by atoms with Crippen molar-refractivity contribution in [2.45, 2.75) is 33.4 Å². The Morgan fingerprint density at radius 3 is 1.89 bits per heavy atom. The monoisotopic (exact) mass is 634 g/mol. The van der Waals surface area contributed by atoms with Gasteiger partial charge in [0.2, 0.25) is 17.7 Å². The molecule has 0 spiro atoms. The molecule has 0 radical (unpaired) electrons. The van der Waals surface area contributed by atoms with Crippen LogP contribution in [-0.2, 0) is 59.1 Å². The zero-order valence-electron chi connectivity index (χ0n) is 25.8. The lowest BCUT2D eigenvalue weighted by atomic mass is 10.0. The molecule has 1 aromatic carbocycles. The highest BCUT2D eigenvalue weighted by Gasteiger charge is 2.25. The van der Waals surface area contributed by atoms with Gasteiger partial charge in [0.25, 0.3) is 11.8 Å². The van der Waals surface area contributed by atoms with Gasteiger partial charge in [0.1, 0.15) is 19.3 Å². The maximum Gasteiger partial charge on any atom is 0.302 e. The smallest absolute Gasteiger partial charge is 0.302 e. The molecule has 0 aliphatic carbocycles. The molecule has 0 bridgehead atoms. The van der Waals surface area contributed by atoms with Gasteiger partial charge in [-0.05, 0) is 23.6 Å². The molecule has 3 N–H and O–H groups in total. The number of nitrogens with one attached hydrogen (secondary N) is 3. The molecular weight excluding hydrogens is 592 g/mol. The average Bonchev–Trinajstić information content (AvgIpc) is 3.32. The first kappa shape index (κ1) is 37.0. The number of hydrogen-bond acceptors (Lipinski definition) is 11. The molecule has 1 aliphatic heterocycles. The van der Waals surface area contributed by atoms with E-state index in [0.29, 0.717) is 32.1 Å². The zero-order chi connectivity index (χ0) is 33.0. The molecule has 1 aromatic rings. The van der Waals surface area contributed by atoms with Crippen LogP contribution in [0.1, 0.15) is 26.3 Å². The van der Waals surface area contributed by atoms with Gasteiger partial charge in [0.15, 0.2) is 0 Å². The molecule has 45 heavy (non-hydrogen) atoms. The molecule has 1 unspecified atom stereocenters. The van der Waals surface area contributed by atoms with Crippen molar-refractivity contribution < 1.29 is 52.5 Å². The summed E-state index contributed by atoms with van der Waals surface area (Å²) < 4.78 is 26.3. The zero-order valence-corrected chi connectivity index (χ0v) is 25.8. The van der Waals surface area contributed by atoms with Crippen molar-refractivity contribution >= 4 is 41.2 Å². The molecule has 0 saturated carbocycles. The first-order valence-electron chi connectivity index (χ1n) is 14.5. The molecule has 0 fully saturated rings. The Balaban J connectivity index is 1.50. The summed E-state index contributed by atoms with van der Waals surface area (Å²) >= 11 is 0. The second kappa shape index (κ2) is 20.7. The predicted molar refractivity (Wildman–Crippen MR) is 159 cm³/mol. The largest absolute Gasteiger partial charge is 0.461 e. The minimum absolute atomic E-state index is 0.130. The van der Waals surface area contributed by atoms with Crippen molar-refractivity contribution in [2.75, 3.05) is 71.3 Å². The van der Waals surface area contributed by atoms with Gasteiger partial charge >= 0.3 is 5.97 Å². The topological polar surface area (TPSA) is 188 Å². The van der Waals surface area contributed by atoms with Crippen LogP contribution in [0.2, 0.25) is 0 Å². The van der Waals surface area contributed by atoms with E-state index in [1.807, 2.05) is 0 Å². The summed E-state index contributed by atoms with van der Waals surface area (Å²) in [6.07, 6.45) is 2.45. The van der Waals surface area contributed by atoms with Crippen LogP contribution in [0.25, 0.3) is 0 Å². The molecule has 0 saturated heterocycles. The van der Waals surface area contributed by atoms with Crippen LogP contribution in [0, 0.1) is 5.92 Å². The fourth-order valence-corrected chi connectivity index (χ4v) is 3.73. The van der Waals surface area contributed by atoms with Gasteiger partial charge in [-0.25, -0.2) is 0 Å². The molecular formula is C30H42N4O11. The summed E-state index contributed by atoms with van der Waals surface area (Å²) in [6.45, 7) is 6.48. The van der Waals surface area contributed by atoms with E-state index in [9.17, 15) is 28.8 Å². The number of carbonyl (C=O) groups is 6. The molecule has 248 valence electrons. The van der Waals surface area contributed by atoms with Crippen molar-refractivity contribution in [2.24, 2.45) is 5.92 Å². The summed E-state index contributed by atoms with van der Waals surface area (Å²) in [4.78, 5) is 72.1. The van der Waals surface area contributed by atoms with Crippen LogP contribution in [0.4, 0.5) is 5.69 Å². The highest BCUT2D eigenvalue weighted by atomic mass is 16.6. The molecule has 1 heterocycles. The highest BCUT2D eigenvalue weighted by Crippen LogP contribution is 2.10. The number of rotatable bonds is 22. The van der Waals surface area contributed by atoms with Crippen molar-refractivity contribution in [3.8, 4) is 0 Å². The van der Waals surface area contributed by atoms with Crippen LogP contribution < -0.4 is 16.0 Å². The van der Waals surface area contributed by atoms with Gasteiger partial charge < -0.3 is 39.6 Å². The van der Waals surface area contributed by atoms with Gasteiger partial charge in [0.05, 0.1) is 59.3 Å². The van der Waals surface area contributed by atoms with E-state index in [1.54, 1.807) is 38.1 Å². The lowest BCUT2D eigenvalue weighted by molar-refractivity contribution is -0.142. The second-order valence-corrected chi connectivity index (χ2v) is 10.1. The van der Waals surface area contributed by atoms with Gasteiger partial charge in [-0.1, -0.05) is 26.0 Å². The number of carbonyl (C=O) groups excluding carboxylic acids is 6. The number of imide groups is 1. The van der Waals surface area contributed by atoms with Crippen molar-refractivity contribution in [1.82, 2.24) is 15.5 Å². The Labute approximate surface area is 261 Å². The summed E-state index contributed by atoms with van der Waals surface area (Å²) in [7, 11) is 0. The van der Waals surface area contributed by atoms with Crippen molar-refractivity contribution in [1.29, 1.82) is 0 Å². The van der Waals surface area contributed by atoms with Gasteiger partial charge in [0, 0.05) is 24.8 Å². The lowest BCUT2D eigenvalue weighted by Crippen LogP contribution is -2.51. The Hall–Kier alpha value is -4.18. The standard InChI is InChI=1S/C30H42N4O11/c1-21(2)29(30(40)31-18-25(36)32-24-6-4-23(5-7-24)19-45-22(3)35)33-26(37)20-44-17-16-43-15-14-42-13-12-41-11-10-34-27(38)8-9-28(34)39/h4-9,21,29H,10-20H2,1-3H3,(H,31,40)(H,32,36)(H,33,37). The summed E-state index contributed by atoms with van der Waals surface area (Å²) in [5, 5.41) is 7.81. The van der Waals surface area contributed by atoms with E-state index in [4.69, 9.17) is 23.7 Å². The Bertz CT molecular complexity index is 1150. The number of hydrogen-bond donors (Lipinski definition) is 3. The Morgan fingerprint density at radius 1 is 0.778 bits per heavy atom. The third-order valence-electron chi connectivity index (χ3n) is 6.08. The van der Waals surface area contributed by atoms with E-state index < -0.39 is 23.8 Å². The number of anilines is 1. The van der Waals surface area contributed by atoms with Gasteiger partial charge in [-0.2, -0.15) is 0 Å². The lowest BCUT2D eigenvalue weighted by Gasteiger charge is -2.21. The van der Waals surface area contributed by atoms with Gasteiger partial charge in [-0.15, -0.1) is 0 Å². The first-order chi connectivity index (χ1) is 21.6. The average molecular weight is 635 g/mol. The molecule has 15 heteroatoms. The third kappa shape index (κ3) is 15.4. The molecule has 1 aliphatic rings. The third-order valence-corrected chi connectivity index (χ3v) is 6.08. The van der Waals surface area contributed by atoms with Crippen molar-refractivity contribution in [3.05, 3.63) is 42.0 Å². The summed E-state index contributed by atoms with van der Waals surface area (Å²) in [5.74, 6) is -2.76.